The van der Waals surface area contributed by atoms with Gasteiger partial charge in [-0.3, -0.25) is 9.03 Å². The number of halogens is 1. The van der Waals surface area contributed by atoms with Gasteiger partial charge in [-0.1, -0.05) is 12.1 Å². The maximum absolute atomic E-state index is 13.4. The Balaban J connectivity index is 1.58. The highest BCUT2D eigenvalue weighted by Crippen LogP contribution is 2.34. The van der Waals surface area contributed by atoms with Gasteiger partial charge in [0, 0.05) is 12.2 Å². The zero-order chi connectivity index (χ0) is 23.6. The second-order valence-electron chi connectivity index (χ2n) is 7.69. The van der Waals surface area contributed by atoms with Gasteiger partial charge in [-0.2, -0.15) is 0 Å². The molecule has 0 aliphatic carbocycles. The lowest BCUT2D eigenvalue weighted by Crippen LogP contribution is -2.35. The third-order valence-corrected chi connectivity index (χ3v) is 8.41. The molecule has 174 valence electrons. The van der Waals surface area contributed by atoms with E-state index in [4.69, 9.17) is 4.74 Å². The fourth-order valence-corrected chi connectivity index (χ4v) is 6.53. The molecule has 33 heavy (non-hydrogen) atoms. The highest BCUT2D eigenvalue weighted by atomic mass is 32.2. The second kappa shape index (κ2) is 9.03. The van der Waals surface area contributed by atoms with Crippen molar-refractivity contribution < 1.29 is 26.0 Å². The van der Waals surface area contributed by atoms with Crippen LogP contribution in [-0.2, 0) is 32.2 Å². The Labute approximate surface area is 192 Å². The summed E-state index contributed by atoms with van der Waals surface area (Å²) in [6.07, 6.45) is 1.21. The monoisotopic (exact) mass is 490 g/mol. The minimum absolute atomic E-state index is 0.149. The Hall–Kier alpha value is -3.11. The fourth-order valence-electron chi connectivity index (χ4n) is 3.81. The predicted molar refractivity (Wildman–Crippen MR) is 125 cm³/mol. The number of hydrogen-bond donors (Lipinski definition) is 1. The molecule has 0 saturated heterocycles. The minimum Gasteiger partial charge on any atom is -0.497 e. The summed E-state index contributed by atoms with van der Waals surface area (Å²) in [6, 6.07) is 16.4. The highest BCUT2D eigenvalue weighted by Gasteiger charge is 2.29. The number of nitrogens with zero attached hydrogens (tertiary/aromatic N) is 1. The third-order valence-electron chi connectivity index (χ3n) is 5.32. The van der Waals surface area contributed by atoms with Crippen LogP contribution >= 0.6 is 0 Å². The molecule has 0 unspecified atom stereocenters. The van der Waals surface area contributed by atoms with Crippen molar-refractivity contribution in [1.29, 1.82) is 0 Å². The van der Waals surface area contributed by atoms with Crippen LogP contribution in [0, 0.1) is 5.82 Å². The van der Waals surface area contributed by atoms with E-state index in [2.05, 4.69) is 4.72 Å². The standard InChI is InChI=1S/C23H23FN2O5S2/c1-31-21-8-10-22(11-9-21)33(29,30)26-13-3-5-18-15-20(7-12-23(18)26)25-32(27,28)16-17-4-2-6-19(24)14-17/h2,4,6-12,14-15,25H,3,5,13,16H2,1H3. The molecule has 0 bridgehead atoms. The molecule has 1 heterocycles. The first-order chi connectivity index (χ1) is 15.7. The maximum atomic E-state index is 13.4. The van der Waals surface area contributed by atoms with Crippen molar-refractivity contribution in [1.82, 2.24) is 0 Å². The van der Waals surface area contributed by atoms with Crippen molar-refractivity contribution >= 4 is 31.4 Å². The maximum Gasteiger partial charge on any atom is 0.264 e. The predicted octanol–water partition coefficient (Wildman–Crippen LogP) is 3.92. The molecule has 10 heteroatoms. The van der Waals surface area contributed by atoms with Crippen LogP contribution in [0.25, 0.3) is 0 Å². The van der Waals surface area contributed by atoms with Crippen LogP contribution in [0.2, 0.25) is 0 Å². The Bertz CT molecular complexity index is 1370. The van der Waals surface area contributed by atoms with E-state index < -0.39 is 25.9 Å². The van der Waals surface area contributed by atoms with E-state index in [1.54, 1.807) is 24.3 Å². The molecule has 1 N–H and O–H groups in total. The first-order valence-corrected chi connectivity index (χ1v) is 13.3. The number of aryl methyl sites for hydroxylation is 1. The summed E-state index contributed by atoms with van der Waals surface area (Å²) in [6.45, 7) is 0.325. The molecule has 1 aliphatic rings. The van der Waals surface area contributed by atoms with E-state index in [1.807, 2.05) is 0 Å². The molecule has 0 atom stereocenters. The fraction of sp³-hybridized carbons (Fsp3) is 0.217. The van der Waals surface area contributed by atoms with Crippen LogP contribution in [0.15, 0.2) is 71.6 Å². The lowest BCUT2D eigenvalue weighted by molar-refractivity contribution is 0.414. The quantitative estimate of drug-likeness (QED) is 0.542. The van der Waals surface area contributed by atoms with Gasteiger partial charge in [-0.05, 0) is 78.6 Å². The van der Waals surface area contributed by atoms with Crippen LogP contribution in [-0.4, -0.2) is 30.5 Å². The smallest absolute Gasteiger partial charge is 0.264 e. The second-order valence-corrected chi connectivity index (χ2v) is 11.3. The van der Waals surface area contributed by atoms with E-state index in [1.165, 1.54) is 53.9 Å². The van der Waals surface area contributed by atoms with Crippen LogP contribution in [0.4, 0.5) is 15.8 Å². The van der Waals surface area contributed by atoms with Gasteiger partial charge in [0.15, 0.2) is 0 Å². The van der Waals surface area contributed by atoms with Crippen LogP contribution in [0.3, 0.4) is 0 Å². The average molecular weight is 491 g/mol. The lowest BCUT2D eigenvalue weighted by atomic mass is 10.0. The van der Waals surface area contributed by atoms with Crippen molar-refractivity contribution in [2.45, 2.75) is 23.5 Å². The van der Waals surface area contributed by atoms with Crippen molar-refractivity contribution in [3.63, 3.8) is 0 Å². The van der Waals surface area contributed by atoms with E-state index >= 15 is 0 Å². The minimum atomic E-state index is -3.79. The third kappa shape index (κ3) is 5.12. The molecule has 0 radical (unpaired) electrons. The Kier molecular flexibility index (Phi) is 6.31. The zero-order valence-corrected chi connectivity index (χ0v) is 19.5. The molecule has 1 aliphatic heterocycles. The van der Waals surface area contributed by atoms with Crippen molar-refractivity contribution in [2.24, 2.45) is 0 Å². The largest absolute Gasteiger partial charge is 0.497 e. The number of ether oxygens (including phenoxy) is 1. The zero-order valence-electron chi connectivity index (χ0n) is 17.9. The van der Waals surface area contributed by atoms with Gasteiger partial charge in [0.1, 0.15) is 11.6 Å². The van der Waals surface area contributed by atoms with E-state index in [-0.39, 0.29) is 10.6 Å². The molecule has 0 spiro atoms. The topological polar surface area (TPSA) is 92.8 Å². The lowest BCUT2D eigenvalue weighted by Gasteiger charge is -2.31. The van der Waals surface area contributed by atoms with Gasteiger partial charge in [-0.15, -0.1) is 0 Å². The molecular formula is C23H23FN2O5S2. The number of hydrogen-bond acceptors (Lipinski definition) is 5. The van der Waals surface area contributed by atoms with Crippen LogP contribution in [0.1, 0.15) is 17.5 Å². The number of rotatable bonds is 7. The summed E-state index contributed by atoms with van der Waals surface area (Å²) in [7, 11) is -6.06. The molecule has 0 saturated carbocycles. The van der Waals surface area contributed by atoms with Crippen LogP contribution < -0.4 is 13.8 Å². The Morgan fingerprint density at radius 1 is 1.00 bits per heavy atom. The molecule has 3 aromatic carbocycles. The molecule has 7 nitrogen and oxygen atoms in total. The van der Waals surface area contributed by atoms with Gasteiger partial charge in [-0.25, -0.2) is 21.2 Å². The normalized spacial score (nSPS) is 13.9. The van der Waals surface area contributed by atoms with E-state index in [0.29, 0.717) is 42.1 Å². The van der Waals surface area contributed by atoms with Gasteiger partial charge in [0.2, 0.25) is 10.0 Å². The molecule has 0 aromatic heterocycles. The summed E-state index contributed by atoms with van der Waals surface area (Å²) >= 11 is 0. The first kappa shape index (κ1) is 23.1. The van der Waals surface area contributed by atoms with Gasteiger partial charge in [0.25, 0.3) is 10.0 Å². The molecular weight excluding hydrogens is 467 g/mol. The first-order valence-electron chi connectivity index (χ1n) is 10.2. The summed E-state index contributed by atoms with van der Waals surface area (Å²) in [5.41, 5.74) is 1.90. The Morgan fingerprint density at radius 3 is 2.45 bits per heavy atom. The van der Waals surface area contributed by atoms with Gasteiger partial charge in [0.05, 0.1) is 23.4 Å². The number of methoxy groups -OCH3 is 1. The molecule has 4 rings (SSSR count). The number of fused-ring (bicyclic) bond motifs is 1. The highest BCUT2D eigenvalue weighted by molar-refractivity contribution is 7.93. The number of sulfonamides is 2. The molecule has 0 fully saturated rings. The summed E-state index contributed by atoms with van der Waals surface area (Å²) in [5, 5.41) is 0. The molecule has 0 amide bonds. The van der Waals surface area contributed by atoms with Crippen LogP contribution in [0.5, 0.6) is 5.75 Å². The number of benzene rings is 3. The summed E-state index contributed by atoms with van der Waals surface area (Å²) in [5.74, 6) is -0.322. The number of nitrogens with one attached hydrogen (secondary N) is 1. The van der Waals surface area contributed by atoms with Crippen molar-refractivity contribution in [3.8, 4) is 5.75 Å². The SMILES string of the molecule is COc1ccc(S(=O)(=O)N2CCCc3cc(NS(=O)(=O)Cc4cccc(F)c4)ccc32)cc1. The van der Waals surface area contributed by atoms with Crippen molar-refractivity contribution in [2.75, 3.05) is 22.7 Å². The van der Waals surface area contributed by atoms with Gasteiger partial charge >= 0.3 is 0 Å². The van der Waals surface area contributed by atoms with Crippen molar-refractivity contribution in [3.05, 3.63) is 83.7 Å². The summed E-state index contributed by atoms with van der Waals surface area (Å²) in [4.78, 5) is 0.149. The van der Waals surface area contributed by atoms with E-state index in [9.17, 15) is 21.2 Å². The van der Waals surface area contributed by atoms with E-state index in [0.717, 1.165) is 5.56 Å². The average Bonchev–Trinajstić information content (AvgIpc) is 2.78. The summed E-state index contributed by atoms with van der Waals surface area (Å²) < 4.78 is 73.9. The number of anilines is 2. The Morgan fingerprint density at radius 2 is 1.76 bits per heavy atom. The van der Waals surface area contributed by atoms with Gasteiger partial charge < -0.3 is 4.74 Å². The molecule has 3 aromatic rings.